The first-order valence-electron chi connectivity index (χ1n) is 12.9. The molecule has 1 N–H and O–H groups in total. The number of para-hydroxylation sites is 1. The van der Waals surface area contributed by atoms with Gasteiger partial charge in [-0.1, -0.05) is 72.3 Å². The third-order valence-electron chi connectivity index (χ3n) is 6.07. The van der Waals surface area contributed by atoms with E-state index in [0.29, 0.717) is 16.3 Å². The van der Waals surface area contributed by atoms with Gasteiger partial charge in [-0.15, -0.1) is 0 Å². The Labute approximate surface area is 242 Å². The molecule has 0 fully saturated rings. The highest BCUT2D eigenvalue weighted by Gasteiger charge is 2.35. The quantitative estimate of drug-likeness (QED) is 0.359. The van der Waals surface area contributed by atoms with Crippen molar-refractivity contribution in [3.63, 3.8) is 0 Å². The molecule has 0 aliphatic rings. The Kier molecular flexibility index (Phi) is 10.4. The van der Waals surface area contributed by atoms with E-state index in [9.17, 15) is 18.0 Å². The lowest BCUT2D eigenvalue weighted by Gasteiger charge is -2.35. The molecule has 1 unspecified atom stereocenters. The molecule has 3 aromatic rings. The van der Waals surface area contributed by atoms with E-state index in [2.05, 4.69) is 5.32 Å². The largest absolute Gasteiger partial charge is 0.350 e. The maximum atomic E-state index is 14.2. The second kappa shape index (κ2) is 13.3. The van der Waals surface area contributed by atoms with Gasteiger partial charge in [0.1, 0.15) is 12.6 Å². The van der Waals surface area contributed by atoms with Crippen LogP contribution < -0.4 is 9.62 Å². The number of hydrogen-bond acceptors (Lipinski definition) is 4. The number of nitrogens with zero attached hydrogens (tertiary/aromatic N) is 3. The third kappa shape index (κ3) is 8.55. The first-order chi connectivity index (χ1) is 18.8. The molecule has 0 aromatic heterocycles. The van der Waals surface area contributed by atoms with Crippen LogP contribution in [-0.2, 0) is 32.8 Å². The summed E-state index contributed by atoms with van der Waals surface area (Å²) in [7, 11) is -1.21. The van der Waals surface area contributed by atoms with Crippen LogP contribution in [0, 0.1) is 0 Å². The van der Waals surface area contributed by atoms with Crippen LogP contribution in [0.25, 0.3) is 0 Å². The van der Waals surface area contributed by atoms with Crippen molar-refractivity contribution in [2.45, 2.75) is 45.3 Å². The number of halogens is 1. The smallest absolute Gasteiger partial charge is 0.304 e. The number of rotatable bonds is 11. The van der Waals surface area contributed by atoms with Crippen molar-refractivity contribution in [1.29, 1.82) is 0 Å². The Bertz CT molecular complexity index is 1390. The monoisotopic (exact) mass is 584 g/mol. The van der Waals surface area contributed by atoms with Crippen molar-refractivity contribution in [3.8, 4) is 0 Å². The van der Waals surface area contributed by atoms with Crippen LogP contribution in [0.4, 0.5) is 5.69 Å². The molecule has 40 heavy (non-hydrogen) atoms. The molecule has 0 saturated carbocycles. The predicted molar refractivity (Wildman–Crippen MR) is 160 cm³/mol. The van der Waals surface area contributed by atoms with E-state index in [4.69, 9.17) is 11.6 Å². The molecule has 3 rings (SSSR count). The highest BCUT2D eigenvalue weighted by atomic mass is 35.5. The van der Waals surface area contributed by atoms with Crippen molar-refractivity contribution in [3.05, 3.63) is 101 Å². The summed E-state index contributed by atoms with van der Waals surface area (Å²) in [6.07, 6.45) is 0.237. The maximum Gasteiger partial charge on any atom is 0.304 e. The summed E-state index contributed by atoms with van der Waals surface area (Å²) in [5.41, 5.74) is 1.36. The number of amides is 2. The Morgan fingerprint density at radius 1 is 0.875 bits per heavy atom. The molecule has 0 heterocycles. The van der Waals surface area contributed by atoms with Crippen LogP contribution in [0.15, 0.2) is 84.9 Å². The highest BCUT2D eigenvalue weighted by molar-refractivity contribution is 7.90. The average molecular weight is 585 g/mol. The molecule has 214 valence electrons. The fraction of sp³-hybridized carbons (Fsp3) is 0.333. The number of hydrogen-bond donors (Lipinski definition) is 1. The summed E-state index contributed by atoms with van der Waals surface area (Å²) < 4.78 is 28.8. The molecule has 0 bridgehead atoms. The lowest BCUT2D eigenvalue weighted by molar-refractivity contribution is -0.140. The van der Waals surface area contributed by atoms with Gasteiger partial charge in [-0.3, -0.25) is 9.59 Å². The molecule has 8 nitrogen and oxygen atoms in total. The standard InChI is InChI=1S/C30H37ClN4O4S/c1-30(2,3)32-29(37)27(20-23-13-8-6-9-14-23)34(21-24-15-12-16-25(31)19-24)28(36)22-35(40(38,39)33(4)5)26-17-10-7-11-18-26/h6-19,27H,20-22H2,1-5H3,(H,32,37). The molecule has 1 atom stereocenters. The molecular weight excluding hydrogens is 548 g/mol. The van der Waals surface area contributed by atoms with Crippen LogP contribution >= 0.6 is 11.6 Å². The molecule has 0 aliphatic carbocycles. The maximum absolute atomic E-state index is 14.2. The molecule has 3 aromatic carbocycles. The SMILES string of the molecule is CN(C)S(=O)(=O)N(CC(=O)N(Cc1cccc(Cl)c1)C(Cc1ccccc1)C(=O)NC(C)(C)C)c1ccccc1. The highest BCUT2D eigenvalue weighted by Crippen LogP contribution is 2.22. The van der Waals surface area contributed by atoms with Crippen molar-refractivity contribution >= 4 is 39.3 Å². The van der Waals surface area contributed by atoms with E-state index in [1.165, 1.54) is 19.0 Å². The third-order valence-corrected chi connectivity index (χ3v) is 8.13. The van der Waals surface area contributed by atoms with Crippen molar-refractivity contribution in [2.24, 2.45) is 0 Å². The van der Waals surface area contributed by atoms with Gasteiger partial charge in [0, 0.05) is 37.6 Å². The number of anilines is 1. The molecule has 2 amide bonds. The van der Waals surface area contributed by atoms with Gasteiger partial charge in [-0.2, -0.15) is 12.7 Å². The van der Waals surface area contributed by atoms with Crippen LogP contribution in [0.1, 0.15) is 31.9 Å². The molecule has 0 radical (unpaired) electrons. The van der Waals surface area contributed by atoms with Gasteiger partial charge in [0.2, 0.25) is 11.8 Å². The van der Waals surface area contributed by atoms with Crippen molar-refractivity contribution in [1.82, 2.24) is 14.5 Å². The van der Waals surface area contributed by atoms with Gasteiger partial charge in [-0.25, -0.2) is 4.31 Å². The Morgan fingerprint density at radius 2 is 1.45 bits per heavy atom. The van der Waals surface area contributed by atoms with E-state index in [0.717, 1.165) is 14.2 Å². The zero-order valence-electron chi connectivity index (χ0n) is 23.5. The van der Waals surface area contributed by atoms with E-state index >= 15 is 0 Å². The topological polar surface area (TPSA) is 90.0 Å². The summed E-state index contributed by atoms with van der Waals surface area (Å²) in [4.78, 5) is 29.4. The number of nitrogens with one attached hydrogen (secondary N) is 1. The van der Waals surface area contributed by atoms with Crippen molar-refractivity contribution < 1.29 is 18.0 Å². The van der Waals surface area contributed by atoms with Gasteiger partial charge in [0.05, 0.1) is 5.69 Å². The second-order valence-electron chi connectivity index (χ2n) is 10.7. The predicted octanol–water partition coefficient (Wildman–Crippen LogP) is 4.51. The normalized spacial score (nSPS) is 12.6. The van der Waals surface area contributed by atoms with Gasteiger partial charge in [-0.05, 0) is 56.2 Å². The van der Waals surface area contributed by atoms with E-state index in [-0.39, 0.29) is 18.9 Å². The first kappa shape index (κ1) is 31.1. The van der Waals surface area contributed by atoms with E-state index < -0.39 is 34.2 Å². The Morgan fingerprint density at radius 3 is 2.00 bits per heavy atom. The first-order valence-corrected chi connectivity index (χ1v) is 14.7. The summed E-state index contributed by atoms with van der Waals surface area (Å²) in [6, 6.07) is 24.0. The minimum absolute atomic E-state index is 0.0547. The molecule has 0 spiro atoms. The summed E-state index contributed by atoms with van der Waals surface area (Å²) in [5.74, 6) is -0.868. The molecule has 0 saturated heterocycles. The van der Waals surface area contributed by atoms with E-state index in [1.54, 1.807) is 48.5 Å². The minimum atomic E-state index is -4.04. The summed E-state index contributed by atoms with van der Waals surface area (Å²) >= 11 is 6.25. The molecule has 10 heteroatoms. The fourth-order valence-electron chi connectivity index (χ4n) is 4.15. The number of carbonyl (C=O) groups is 2. The van der Waals surface area contributed by atoms with Crippen LogP contribution in [0.2, 0.25) is 5.02 Å². The summed E-state index contributed by atoms with van der Waals surface area (Å²) in [5, 5.41) is 3.50. The van der Waals surface area contributed by atoms with Gasteiger partial charge in [0.15, 0.2) is 0 Å². The zero-order valence-corrected chi connectivity index (χ0v) is 25.1. The fourth-order valence-corrected chi connectivity index (χ4v) is 5.42. The Hall–Kier alpha value is -3.40. The van der Waals surface area contributed by atoms with Gasteiger partial charge in [0.25, 0.3) is 0 Å². The van der Waals surface area contributed by atoms with E-state index in [1.807, 2.05) is 57.2 Å². The number of benzene rings is 3. The van der Waals surface area contributed by atoms with Crippen LogP contribution in [0.3, 0.4) is 0 Å². The lowest BCUT2D eigenvalue weighted by atomic mass is 10.0. The lowest BCUT2D eigenvalue weighted by Crippen LogP contribution is -2.56. The number of carbonyl (C=O) groups excluding carboxylic acids is 2. The molecular formula is C30H37ClN4O4S. The second-order valence-corrected chi connectivity index (χ2v) is 13.2. The zero-order chi connectivity index (χ0) is 29.5. The van der Waals surface area contributed by atoms with Crippen LogP contribution in [0.5, 0.6) is 0 Å². The molecule has 0 aliphatic heterocycles. The minimum Gasteiger partial charge on any atom is -0.350 e. The average Bonchev–Trinajstić information content (AvgIpc) is 2.89. The van der Waals surface area contributed by atoms with Gasteiger partial charge >= 0.3 is 10.2 Å². The summed E-state index contributed by atoms with van der Waals surface area (Å²) in [6.45, 7) is 5.16. The van der Waals surface area contributed by atoms with Crippen LogP contribution in [-0.4, -0.2) is 61.7 Å². The Balaban J connectivity index is 2.10. The van der Waals surface area contributed by atoms with Crippen molar-refractivity contribution in [2.75, 3.05) is 24.9 Å². The van der Waals surface area contributed by atoms with Gasteiger partial charge < -0.3 is 10.2 Å².